The van der Waals surface area contributed by atoms with Gasteiger partial charge < -0.3 is 18.9 Å². The molecule has 0 bridgehead atoms. The van der Waals surface area contributed by atoms with E-state index in [4.69, 9.17) is 18.5 Å². The van der Waals surface area contributed by atoms with Crippen molar-refractivity contribution in [3.63, 3.8) is 0 Å². The van der Waals surface area contributed by atoms with Crippen molar-refractivity contribution < 1.29 is 42.1 Å². The first kappa shape index (κ1) is 73.4. The predicted octanol–water partition coefficient (Wildman–Crippen LogP) is 19.0. The monoisotopic (exact) mass is 1100 g/mol. The minimum Gasteiger partial charge on any atom is -0.462 e. The second-order valence-electron chi connectivity index (χ2n) is 20.3. The molecule has 2 unspecified atom stereocenters. The van der Waals surface area contributed by atoms with E-state index >= 15 is 0 Å². The third-order valence-corrected chi connectivity index (χ3v) is 12.7. The number of likely N-dealkylation sites (N-methyl/N-ethyl adjacent to an activating group) is 1. The number of nitrogens with zero attached hydrogens (tertiary/aromatic N) is 1. The molecule has 10 heteroatoms. The molecular formula is C68H109NO8P+. The first-order valence-corrected chi connectivity index (χ1v) is 31.4. The van der Waals surface area contributed by atoms with Gasteiger partial charge in [-0.05, 0) is 122 Å². The predicted molar refractivity (Wildman–Crippen MR) is 334 cm³/mol. The number of hydrogen-bond acceptors (Lipinski definition) is 7. The summed E-state index contributed by atoms with van der Waals surface area (Å²) in [6.45, 7) is 4.10. The summed E-state index contributed by atoms with van der Waals surface area (Å²) in [6.07, 6.45) is 87.1. The smallest absolute Gasteiger partial charge is 0.462 e. The molecule has 9 nitrogen and oxygen atoms in total. The summed E-state index contributed by atoms with van der Waals surface area (Å²) in [5.74, 6) is -0.890. The normalized spacial score (nSPS) is 14.5. The summed E-state index contributed by atoms with van der Waals surface area (Å²) in [4.78, 5) is 35.7. The summed E-state index contributed by atoms with van der Waals surface area (Å²) in [5, 5.41) is 0. The molecule has 78 heavy (non-hydrogen) atoms. The number of allylic oxidation sites excluding steroid dienone is 28. The molecule has 0 aromatic carbocycles. The van der Waals surface area contributed by atoms with E-state index in [9.17, 15) is 19.0 Å². The molecule has 1 N–H and O–H groups in total. The Bertz CT molecular complexity index is 1920. The van der Waals surface area contributed by atoms with Crippen molar-refractivity contribution in [2.24, 2.45) is 0 Å². The quantitative estimate of drug-likeness (QED) is 0.0211. The number of esters is 2. The Kier molecular flexibility index (Phi) is 53.7. The SMILES string of the molecule is CC/C=C\C/C=C\C/C=C\C/C=C\C/C=C\C/C=C\C/C=C\C/C=C\C/C=C\CCCC(=O)OC(COC(=O)CCCCCCCCCCC/C=C\C/C=C\C/C=C\C/C=C\C/C=C\CC)COP(=O)(O)OCC[N+](C)(C)C. The van der Waals surface area contributed by atoms with E-state index in [1.54, 1.807) is 0 Å². The molecule has 0 rings (SSSR count). The molecule has 0 aliphatic rings. The maximum Gasteiger partial charge on any atom is 0.472 e. The lowest BCUT2D eigenvalue weighted by atomic mass is 10.1. The zero-order chi connectivity index (χ0) is 57.0. The van der Waals surface area contributed by atoms with Crippen molar-refractivity contribution in [1.82, 2.24) is 0 Å². The average molecular weight is 1100 g/mol. The topological polar surface area (TPSA) is 108 Å². The van der Waals surface area contributed by atoms with Gasteiger partial charge in [0.1, 0.15) is 19.8 Å². The van der Waals surface area contributed by atoms with Crippen LogP contribution in [0.15, 0.2) is 170 Å². The first-order chi connectivity index (χ1) is 38.0. The van der Waals surface area contributed by atoms with Crippen LogP contribution in [-0.2, 0) is 32.7 Å². The third-order valence-electron chi connectivity index (χ3n) is 11.7. The van der Waals surface area contributed by atoms with E-state index in [1.807, 2.05) is 27.2 Å². The van der Waals surface area contributed by atoms with Crippen LogP contribution in [0.5, 0.6) is 0 Å². The number of phosphoric ester groups is 1. The third kappa shape index (κ3) is 60.6. The van der Waals surface area contributed by atoms with Crippen LogP contribution in [0, 0.1) is 0 Å². The van der Waals surface area contributed by atoms with Gasteiger partial charge in [-0.1, -0.05) is 229 Å². The minimum atomic E-state index is -4.42. The first-order valence-electron chi connectivity index (χ1n) is 29.9. The summed E-state index contributed by atoms with van der Waals surface area (Å²) in [7, 11) is 1.41. The Morgan fingerprint density at radius 2 is 0.705 bits per heavy atom. The van der Waals surface area contributed by atoms with Gasteiger partial charge in [-0.15, -0.1) is 0 Å². The maximum atomic E-state index is 12.8. The lowest BCUT2D eigenvalue weighted by molar-refractivity contribution is -0.870. The Morgan fingerprint density at radius 1 is 0.397 bits per heavy atom. The molecule has 0 heterocycles. The Balaban J connectivity index is 4.34. The Morgan fingerprint density at radius 3 is 1.06 bits per heavy atom. The van der Waals surface area contributed by atoms with Crippen LogP contribution in [0.3, 0.4) is 0 Å². The standard InChI is InChI=1S/C68H108NO8P/c1-6-8-10-12-14-16-18-20-22-24-26-28-30-32-33-34-35-37-39-41-43-45-47-49-51-53-55-57-59-61-68(71)77-66(65-76-78(72,73)75-63-62-69(3,4)5)64-74-67(70)60-58-56-54-52-50-48-46-44-42-40-38-36-31-29-27-25-23-21-19-17-15-13-11-9-7-2/h8-11,14-17,20-23,26-29,32-33,35-38,41,43,47,49,53,55,66H,6-7,12-13,18-19,24-25,30-31,34,39-40,42,44-46,48,50-52,54,56-65H2,1-5H3/p+1/b10-8-,11-9-,16-14-,17-15-,22-20-,23-21-,28-26-,29-27-,33-32-,37-35-,38-36-,43-41-,49-47-,55-53-. The summed E-state index contributed by atoms with van der Waals surface area (Å²) >= 11 is 0. The molecule has 0 spiro atoms. The molecule has 0 radical (unpaired) electrons. The fourth-order valence-electron chi connectivity index (χ4n) is 7.22. The number of carbonyl (C=O) groups is 2. The number of ether oxygens (including phenoxy) is 2. The van der Waals surface area contributed by atoms with Crippen LogP contribution in [0.25, 0.3) is 0 Å². The molecule has 0 aliphatic heterocycles. The lowest BCUT2D eigenvalue weighted by Gasteiger charge is -2.24. The second kappa shape index (κ2) is 57.1. The Labute approximate surface area is 477 Å². The number of quaternary nitrogens is 1. The van der Waals surface area contributed by atoms with Gasteiger partial charge in [0.25, 0.3) is 0 Å². The van der Waals surface area contributed by atoms with Gasteiger partial charge in [-0.2, -0.15) is 0 Å². The van der Waals surface area contributed by atoms with Crippen molar-refractivity contribution >= 4 is 19.8 Å². The van der Waals surface area contributed by atoms with E-state index < -0.39 is 32.5 Å². The highest BCUT2D eigenvalue weighted by Crippen LogP contribution is 2.43. The molecule has 0 aromatic rings. The molecule has 438 valence electrons. The van der Waals surface area contributed by atoms with Gasteiger partial charge in [0, 0.05) is 12.8 Å². The summed E-state index contributed by atoms with van der Waals surface area (Å²) in [5.41, 5.74) is 0. The number of phosphoric acid groups is 1. The number of unbranched alkanes of at least 4 members (excludes halogenated alkanes) is 10. The van der Waals surface area contributed by atoms with Crippen LogP contribution in [-0.4, -0.2) is 74.9 Å². The van der Waals surface area contributed by atoms with Crippen molar-refractivity contribution in [2.45, 2.75) is 200 Å². The fourth-order valence-corrected chi connectivity index (χ4v) is 7.96. The van der Waals surface area contributed by atoms with Crippen LogP contribution >= 0.6 is 7.82 Å². The number of hydrogen-bond donors (Lipinski definition) is 1. The van der Waals surface area contributed by atoms with Crippen molar-refractivity contribution in [3.8, 4) is 0 Å². The molecular weight excluding hydrogens is 990 g/mol. The average Bonchev–Trinajstić information content (AvgIpc) is 3.41. The van der Waals surface area contributed by atoms with Gasteiger partial charge in [0.2, 0.25) is 0 Å². The lowest BCUT2D eigenvalue weighted by Crippen LogP contribution is -2.37. The second-order valence-corrected chi connectivity index (χ2v) is 21.7. The van der Waals surface area contributed by atoms with Gasteiger partial charge in [-0.3, -0.25) is 18.6 Å². The zero-order valence-corrected chi connectivity index (χ0v) is 50.5. The van der Waals surface area contributed by atoms with E-state index in [2.05, 4.69) is 178 Å². The van der Waals surface area contributed by atoms with E-state index in [0.717, 1.165) is 116 Å². The molecule has 2 atom stereocenters. The largest absolute Gasteiger partial charge is 0.472 e. The van der Waals surface area contributed by atoms with Gasteiger partial charge in [-0.25, -0.2) is 4.57 Å². The minimum absolute atomic E-state index is 0.00916. The molecule has 0 amide bonds. The molecule has 0 fully saturated rings. The molecule has 0 aromatic heterocycles. The van der Waals surface area contributed by atoms with Crippen molar-refractivity contribution in [2.75, 3.05) is 47.5 Å². The van der Waals surface area contributed by atoms with E-state index in [1.165, 1.54) is 32.1 Å². The molecule has 0 aliphatic carbocycles. The van der Waals surface area contributed by atoms with Crippen molar-refractivity contribution in [3.05, 3.63) is 170 Å². The molecule has 0 saturated carbocycles. The van der Waals surface area contributed by atoms with E-state index in [-0.39, 0.29) is 26.1 Å². The Hall–Kier alpha value is -4.63. The highest BCUT2D eigenvalue weighted by molar-refractivity contribution is 7.47. The summed E-state index contributed by atoms with van der Waals surface area (Å²) in [6, 6.07) is 0. The molecule has 0 saturated heterocycles. The maximum absolute atomic E-state index is 12.8. The van der Waals surface area contributed by atoms with Crippen molar-refractivity contribution in [1.29, 1.82) is 0 Å². The van der Waals surface area contributed by atoms with Gasteiger partial charge in [0.15, 0.2) is 6.10 Å². The van der Waals surface area contributed by atoms with E-state index in [0.29, 0.717) is 30.3 Å². The van der Waals surface area contributed by atoms with Gasteiger partial charge >= 0.3 is 19.8 Å². The van der Waals surface area contributed by atoms with Gasteiger partial charge in [0.05, 0.1) is 27.7 Å². The highest BCUT2D eigenvalue weighted by Gasteiger charge is 2.27. The zero-order valence-electron chi connectivity index (χ0n) is 49.6. The van der Waals surface area contributed by atoms with Crippen LogP contribution in [0.2, 0.25) is 0 Å². The fraction of sp³-hybridized carbons (Fsp3) is 0.559. The van der Waals surface area contributed by atoms with Crippen LogP contribution < -0.4 is 0 Å². The van der Waals surface area contributed by atoms with Crippen LogP contribution in [0.1, 0.15) is 194 Å². The highest BCUT2D eigenvalue weighted by atomic mass is 31.2. The van der Waals surface area contributed by atoms with Crippen LogP contribution in [0.4, 0.5) is 0 Å². The number of rotatable bonds is 52. The number of carbonyl (C=O) groups excluding carboxylic acids is 2. The summed E-state index contributed by atoms with van der Waals surface area (Å²) < 4.78 is 34.5.